The molecule has 2 aromatic rings. The number of methoxy groups -OCH3 is 1. The number of anilines is 1. The van der Waals surface area contributed by atoms with Gasteiger partial charge in [-0.15, -0.1) is 0 Å². The lowest BCUT2D eigenvalue weighted by Gasteiger charge is -2.23. The third-order valence-corrected chi connectivity index (χ3v) is 4.18. The number of hydrogen-bond acceptors (Lipinski definition) is 6. The average molecular weight is 342 g/mol. The van der Waals surface area contributed by atoms with Crippen LogP contribution >= 0.6 is 0 Å². The number of nitrogens with zero attached hydrogens (tertiary/aromatic N) is 3. The van der Waals surface area contributed by atoms with Gasteiger partial charge >= 0.3 is 0 Å². The quantitative estimate of drug-likeness (QED) is 0.899. The minimum absolute atomic E-state index is 0.0207. The molecule has 0 amide bonds. The van der Waals surface area contributed by atoms with Crippen molar-refractivity contribution in [3.63, 3.8) is 0 Å². The Kier molecular flexibility index (Phi) is 5.30. The SMILES string of the molecule is COCc1cc(N[C@H]2CCO[C@@H]2c2cccnc2)nc(C(C)(C)C)n1. The molecule has 1 aliphatic heterocycles. The Labute approximate surface area is 149 Å². The Morgan fingerprint density at radius 1 is 1.32 bits per heavy atom. The largest absolute Gasteiger partial charge is 0.378 e. The number of hydrogen-bond donors (Lipinski definition) is 1. The molecule has 2 atom stereocenters. The maximum absolute atomic E-state index is 5.93. The molecule has 1 aliphatic rings. The molecule has 6 heteroatoms. The van der Waals surface area contributed by atoms with Crippen molar-refractivity contribution in [3.8, 4) is 0 Å². The number of ether oxygens (including phenoxy) is 2. The summed E-state index contributed by atoms with van der Waals surface area (Å²) >= 11 is 0. The molecule has 0 aliphatic carbocycles. The van der Waals surface area contributed by atoms with Gasteiger partial charge in [-0.3, -0.25) is 4.98 Å². The summed E-state index contributed by atoms with van der Waals surface area (Å²) < 4.78 is 11.2. The maximum Gasteiger partial charge on any atom is 0.136 e. The summed E-state index contributed by atoms with van der Waals surface area (Å²) in [5.41, 5.74) is 1.83. The van der Waals surface area contributed by atoms with Gasteiger partial charge in [0, 0.05) is 43.2 Å². The van der Waals surface area contributed by atoms with E-state index in [1.807, 2.05) is 18.3 Å². The van der Waals surface area contributed by atoms with Crippen LogP contribution in [0.4, 0.5) is 5.82 Å². The molecule has 2 aromatic heterocycles. The van der Waals surface area contributed by atoms with Crippen LogP contribution in [0.2, 0.25) is 0 Å². The average Bonchev–Trinajstić information content (AvgIpc) is 3.03. The molecule has 3 rings (SSSR count). The van der Waals surface area contributed by atoms with Crippen LogP contribution in [-0.4, -0.2) is 34.7 Å². The maximum atomic E-state index is 5.93. The molecular formula is C19H26N4O2. The monoisotopic (exact) mass is 342 g/mol. The summed E-state index contributed by atoms with van der Waals surface area (Å²) in [5, 5.41) is 3.54. The predicted octanol–water partition coefficient (Wildman–Crippen LogP) is 3.26. The van der Waals surface area contributed by atoms with E-state index in [4.69, 9.17) is 14.5 Å². The lowest BCUT2D eigenvalue weighted by atomic mass is 9.95. The Bertz CT molecular complexity index is 700. The van der Waals surface area contributed by atoms with E-state index in [0.717, 1.165) is 35.9 Å². The molecule has 0 bridgehead atoms. The van der Waals surface area contributed by atoms with Crippen LogP contribution in [0.3, 0.4) is 0 Å². The Morgan fingerprint density at radius 2 is 2.16 bits per heavy atom. The van der Waals surface area contributed by atoms with Crippen LogP contribution in [-0.2, 0) is 21.5 Å². The molecule has 0 spiro atoms. The van der Waals surface area contributed by atoms with Crippen LogP contribution in [0.25, 0.3) is 0 Å². The number of nitrogens with one attached hydrogen (secondary N) is 1. The van der Waals surface area contributed by atoms with Crippen molar-refractivity contribution in [1.82, 2.24) is 15.0 Å². The van der Waals surface area contributed by atoms with Gasteiger partial charge in [-0.1, -0.05) is 26.8 Å². The fourth-order valence-electron chi connectivity index (χ4n) is 2.93. The van der Waals surface area contributed by atoms with Gasteiger partial charge in [-0.05, 0) is 12.5 Å². The molecular weight excluding hydrogens is 316 g/mol. The zero-order chi connectivity index (χ0) is 17.9. The van der Waals surface area contributed by atoms with E-state index < -0.39 is 0 Å². The number of aromatic nitrogens is 3. The first-order valence-electron chi connectivity index (χ1n) is 8.63. The highest BCUT2D eigenvalue weighted by Gasteiger charge is 2.30. The molecule has 0 unspecified atom stereocenters. The van der Waals surface area contributed by atoms with Gasteiger partial charge in [0.15, 0.2) is 0 Å². The summed E-state index contributed by atoms with van der Waals surface area (Å²) in [4.78, 5) is 13.6. The third-order valence-electron chi connectivity index (χ3n) is 4.18. The summed E-state index contributed by atoms with van der Waals surface area (Å²) in [5.74, 6) is 1.62. The second kappa shape index (κ2) is 7.45. The fourth-order valence-corrected chi connectivity index (χ4v) is 2.93. The molecule has 0 saturated carbocycles. The normalized spacial score (nSPS) is 20.6. The summed E-state index contributed by atoms with van der Waals surface area (Å²) in [7, 11) is 1.68. The van der Waals surface area contributed by atoms with E-state index in [1.165, 1.54) is 0 Å². The lowest BCUT2D eigenvalue weighted by Crippen LogP contribution is -2.25. The molecule has 1 N–H and O–H groups in total. The van der Waals surface area contributed by atoms with Crippen molar-refractivity contribution in [3.05, 3.63) is 47.7 Å². The van der Waals surface area contributed by atoms with Crippen molar-refractivity contribution in [2.45, 2.75) is 51.4 Å². The standard InChI is InChI=1S/C19H26N4O2/c1-19(2,3)18-21-14(12-24-4)10-16(23-18)22-15-7-9-25-17(15)13-6-5-8-20-11-13/h5-6,8,10-11,15,17H,7,9,12H2,1-4H3,(H,21,22,23)/t15-,17+/m0/s1. The second-order valence-electron chi connectivity index (χ2n) is 7.37. The smallest absolute Gasteiger partial charge is 0.136 e. The van der Waals surface area contributed by atoms with Crippen LogP contribution in [0.1, 0.15) is 50.4 Å². The highest BCUT2D eigenvalue weighted by Crippen LogP contribution is 2.31. The molecule has 134 valence electrons. The molecule has 1 saturated heterocycles. The van der Waals surface area contributed by atoms with Crippen molar-refractivity contribution < 1.29 is 9.47 Å². The molecule has 6 nitrogen and oxygen atoms in total. The first-order chi connectivity index (χ1) is 12.0. The third kappa shape index (κ3) is 4.32. The second-order valence-corrected chi connectivity index (χ2v) is 7.37. The van der Waals surface area contributed by atoms with E-state index in [2.05, 4.69) is 42.1 Å². The topological polar surface area (TPSA) is 69.2 Å². The van der Waals surface area contributed by atoms with Crippen molar-refractivity contribution in [2.24, 2.45) is 0 Å². The van der Waals surface area contributed by atoms with E-state index >= 15 is 0 Å². The molecule has 25 heavy (non-hydrogen) atoms. The van der Waals surface area contributed by atoms with Crippen LogP contribution in [0.5, 0.6) is 0 Å². The van der Waals surface area contributed by atoms with E-state index in [1.54, 1.807) is 13.3 Å². The Morgan fingerprint density at radius 3 is 2.84 bits per heavy atom. The minimum Gasteiger partial charge on any atom is -0.378 e. The zero-order valence-electron chi connectivity index (χ0n) is 15.3. The highest BCUT2D eigenvalue weighted by atomic mass is 16.5. The van der Waals surface area contributed by atoms with Crippen molar-refractivity contribution >= 4 is 5.82 Å². The van der Waals surface area contributed by atoms with Gasteiger partial charge in [-0.25, -0.2) is 9.97 Å². The fraction of sp³-hybridized carbons (Fsp3) is 0.526. The van der Waals surface area contributed by atoms with E-state index in [0.29, 0.717) is 6.61 Å². The van der Waals surface area contributed by atoms with Crippen molar-refractivity contribution in [1.29, 1.82) is 0 Å². The Hall–Kier alpha value is -2.05. The first-order valence-corrected chi connectivity index (χ1v) is 8.63. The minimum atomic E-state index is -0.130. The molecule has 0 aromatic carbocycles. The number of pyridine rings is 1. The molecule has 0 radical (unpaired) electrons. The highest BCUT2D eigenvalue weighted by molar-refractivity contribution is 5.39. The van der Waals surface area contributed by atoms with Crippen LogP contribution in [0.15, 0.2) is 30.6 Å². The number of rotatable bonds is 5. The van der Waals surface area contributed by atoms with Crippen molar-refractivity contribution in [2.75, 3.05) is 19.0 Å². The van der Waals surface area contributed by atoms with E-state index in [9.17, 15) is 0 Å². The van der Waals surface area contributed by atoms with E-state index in [-0.39, 0.29) is 17.6 Å². The lowest BCUT2D eigenvalue weighted by molar-refractivity contribution is 0.107. The molecule has 1 fully saturated rings. The van der Waals surface area contributed by atoms with Gasteiger partial charge in [-0.2, -0.15) is 0 Å². The predicted molar refractivity (Wildman–Crippen MR) is 96.4 cm³/mol. The summed E-state index contributed by atoms with van der Waals surface area (Å²) in [6, 6.07) is 6.10. The Balaban J connectivity index is 1.85. The molecule has 3 heterocycles. The first kappa shape index (κ1) is 17.8. The van der Waals surface area contributed by atoms with Crippen LogP contribution in [0, 0.1) is 0 Å². The zero-order valence-corrected chi connectivity index (χ0v) is 15.3. The van der Waals surface area contributed by atoms with Gasteiger partial charge < -0.3 is 14.8 Å². The van der Waals surface area contributed by atoms with Gasteiger partial charge in [0.1, 0.15) is 17.7 Å². The summed E-state index contributed by atoms with van der Waals surface area (Å²) in [6.07, 6.45) is 4.54. The van der Waals surface area contributed by atoms with Gasteiger partial charge in [0.05, 0.1) is 18.3 Å². The van der Waals surface area contributed by atoms with Gasteiger partial charge in [0.25, 0.3) is 0 Å². The summed E-state index contributed by atoms with van der Waals surface area (Å²) in [6.45, 7) is 7.52. The van der Waals surface area contributed by atoms with Crippen LogP contribution < -0.4 is 5.32 Å². The van der Waals surface area contributed by atoms with Gasteiger partial charge in [0.2, 0.25) is 0 Å².